The first kappa shape index (κ1) is 15.0. The first-order valence-electron chi connectivity index (χ1n) is 6.70. The number of rotatable bonds is 5. The average molecular weight is 291 g/mol. The van der Waals surface area contributed by atoms with Crippen molar-refractivity contribution in [3.63, 3.8) is 0 Å². The van der Waals surface area contributed by atoms with Crippen LogP contribution in [0.3, 0.4) is 0 Å². The second-order valence-electron chi connectivity index (χ2n) is 4.31. The van der Waals surface area contributed by atoms with Gasteiger partial charge in [0.05, 0.1) is 12.7 Å². The van der Waals surface area contributed by atoms with Gasteiger partial charge in [-0.3, -0.25) is 0 Å². The van der Waals surface area contributed by atoms with Crippen LogP contribution in [-0.2, 0) is 0 Å². The van der Waals surface area contributed by atoms with Crippen molar-refractivity contribution in [2.75, 3.05) is 30.8 Å². The van der Waals surface area contributed by atoms with Crippen LogP contribution < -0.4 is 15.4 Å². The van der Waals surface area contributed by atoms with Gasteiger partial charge in [0.25, 0.3) is 0 Å². The van der Waals surface area contributed by atoms with E-state index in [1.54, 1.807) is 12.1 Å². The second-order valence-corrected chi connectivity index (χ2v) is 4.31. The number of nitrogens with zero attached hydrogens (tertiary/aromatic N) is 4. The Labute approximate surface area is 122 Å². The fourth-order valence-corrected chi connectivity index (χ4v) is 1.99. The maximum Gasteiger partial charge on any atom is 0.230 e. The summed E-state index contributed by atoms with van der Waals surface area (Å²) in [6.45, 7) is 5.41. The van der Waals surface area contributed by atoms with E-state index in [0.717, 1.165) is 13.1 Å². The van der Waals surface area contributed by atoms with Gasteiger partial charge in [-0.2, -0.15) is 15.0 Å². The molecule has 2 N–H and O–H groups in total. The zero-order chi connectivity index (χ0) is 15.4. The van der Waals surface area contributed by atoms with Crippen LogP contribution in [0, 0.1) is 5.82 Å². The van der Waals surface area contributed by atoms with Crippen LogP contribution in [0.15, 0.2) is 18.2 Å². The summed E-state index contributed by atoms with van der Waals surface area (Å²) < 4.78 is 19.3. The molecule has 0 aliphatic heterocycles. The lowest BCUT2D eigenvalue weighted by Gasteiger charge is -2.19. The number of benzene rings is 1. The standard InChI is InChI=1S/C14H18FN5O/c1-4-20(5-2)14-18-12(17-13(16)19-14)9-7-6-8-10(21-3)11(9)15/h6-8H,4-5H2,1-3H3,(H2,16,17,18,19). The number of nitrogens with two attached hydrogens (primary N) is 1. The van der Waals surface area contributed by atoms with Crippen LogP contribution in [0.2, 0.25) is 0 Å². The van der Waals surface area contributed by atoms with Crippen molar-refractivity contribution in [2.45, 2.75) is 13.8 Å². The van der Waals surface area contributed by atoms with Gasteiger partial charge in [0.15, 0.2) is 17.4 Å². The summed E-state index contributed by atoms with van der Waals surface area (Å²) in [4.78, 5) is 14.4. The summed E-state index contributed by atoms with van der Waals surface area (Å²) in [5, 5.41) is 0. The molecule has 0 fully saturated rings. The van der Waals surface area contributed by atoms with E-state index in [1.165, 1.54) is 13.2 Å². The normalized spacial score (nSPS) is 10.5. The van der Waals surface area contributed by atoms with E-state index in [0.29, 0.717) is 5.95 Å². The van der Waals surface area contributed by atoms with E-state index in [4.69, 9.17) is 10.5 Å². The fourth-order valence-electron chi connectivity index (χ4n) is 1.99. The molecule has 0 saturated heterocycles. The Morgan fingerprint density at radius 1 is 1.19 bits per heavy atom. The van der Waals surface area contributed by atoms with E-state index in [1.807, 2.05) is 18.7 Å². The van der Waals surface area contributed by atoms with Gasteiger partial charge in [0.1, 0.15) is 0 Å². The molecule has 0 unspecified atom stereocenters. The van der Waals surface area contributed by atoms with Crippen LogP contribution in [0.1, 0.15) is 13.8 Å². The summed E-state index contributed by atoms with van der Waals surface area (Å²) in [6, 6.07) is 4.79. The molecule has 21 heavy (non-hydrogen) atoms. The minimum atomic E-state index is -0.518. The summed E-state index contributed by atoms with van der Waals surface area (Å²) in [5.41, 5.74) is 5.96. The molecule has 0 spiro atoms. The highest BCUT2D eigenvalue weighted by Crippen LogP contribution is 2.27. The molecule has 112 valence electrons. The quantitative estimate of drug-likeness (QED) is 0.909. The molecule has 6 nitrogen and oxygen atoms in total. The monoisotopic (exact) mass is 291 g/mol. The first-order chi connectivity index (χ1) is 10.1. The minimum Gasteiger partial charge on any atom is -0.494 e. The Morgan fingerprint density at radius 3 is 2.52 bits per heavy atom. The van der Waals surface area contributed by atoms with Gasteiger partial charge < -0.3 is 15.4 Å². The summed E-state index contributed by atoms with van der Waals surface area (Å²) >= 11 is 0. The number of aromatic nitrogens is 3. The molecule has 0 atom stereocenters. The Bertz CT molecular complexity index is 631. The van der Waals surface area contributed by atoms with Crippen molar-refractivity contribution >= 4 is 11.9 Å². The number of ether oxygens (including phenoxy) is 1. The van der Waals surface area contributed by atoms with E-state index in [9.17, 15) is 4.39 Å². The van der Waals surface area contributed by atoms with Crippen LogP contribution in [0.5, 0.6) is 5.75 Å². The van der Waals surface area contributed by atoms with E-state index in [2.05, 4.69) is 15.0 Å². The minimum absolute atomic E-state index is 0.0594. The number of hydrogen-bond acceptors (Lipinski definition) is 6. The molecule has 0 aliphatic carbocycles. The molecule has 7 heteroatoms. The number of nitrogen functional groups attached to an aromatic ring is 1. The molecular weight excluding hydrogens is 273 g/mol. The Hall–Kier alpha value is -2.44. The highest BCUT2D eigenvalue weighted by Gasteiger charge is 2.16. The number of hydrogen-bond donors (Lipinski definition) is 1. The molecule has 0 radical (unpaired) electrons. The lowest BCUT2D eigenvalue weighted by atomic mass is 10.2. The summed E-state index contributed by atoms with van der Waals surface area (Å²) in [7, 11) is 1.41. The average Bonchev–Trinajstić information content (AvgIpc) is 2.48. The van der Waals surface area contributed by atoms with Gasteiger partial charge in [0, 0.05) is 13.1 Å². The molecule has 0 saturated carbocycles. The van der Waals surface area contributed by atoms with Crippen molar-refractivity contribution in [1.29, 1.82) is 0 Å². The lowest BCUT2D eigenvalue weighted by molar-refractivity contribution is 0.387. The first-order valence-corrected chi connectivity index (χ1v) is 6.70. The Balaban J connectivity index is 2.54. The third-order valence-electron chi connectivity index (χ3n) is 3.11. The zero-order valence-corrected chi connectivity index (χ0v) is 12.3. The maximum absolute atomic E-state index is 14.3. The summed E-state index contributed by atoms with van der Waals surface area (Å²) in [5.74, 6) is 0.307. The fraction of sp³-hybridized carbons (Fsp3) is 0.357. The van der Waals surface area contributed by atoms with Crippen LogP contribution >= 0.6 is 0 Å². The SMILES string of the molecule is CCN(CC)c1nc(N)nc(-c2cccc(OC)c2F)n1. The van der Waals surface area contributed by atoms with Gasteiger partial charge in [0.2, 0.25) is 11.9 Å². The van der Waals surface area contributed by atoms with Gasteiger partial charge >= 0.3 is 0 Å². The Kier molecular flexibility index (Phi) is 4.52. The zero-order valence-electron chi connectivity index (χ0n) is 12.3. The number of halogens is 1. The molecular formula is C14H18FN5O. The largest absolute Gasteiger partial charge is 0.494 e. The van der Waals surface area contributed by atoms with Gasteiger partial charge in [-0.25, -0.2) is 4.39 Å². The topological polar surface area (TPSA) is 77.2 Å². The molecule has 1 heterocycles. The number of methoxy groups -OCH3 is 1. The predicted octanol–water partition coefficient (Wildman–Crippen LogP) is 2.11. The highest BCUT2D eigenvalue weighted by atomic mass is 19.1. The van der Waals surface area contributed by atoms with Crippen LogP contribution in [-0.4, -0.2) is 35.2 Å². The summed E-state index contributed by atoms with van der Waals surface area (Å²) in [6.07, 6.45) is 0. The van der Waals surface area contributed by atoms with E-state index >= 15 is 0 Å². The third-order valence-corrected chi connectivity index (χ3v) is 3.11. The van der Waals surface area contributed by atoms with Crippen molar-refractivity contribution in [2.24, 2.45) is 0 Å². The molecule has 0 amide bonds. The highest BCUT2D eigenvalue weighted by molar-refractivity contribution is 5.61. The molecule has 0 aliphatic rings. The van der Waals surface area contributed by atoms with Gasteiger partial charge in [-0.05, 0) is 26.0 Å². The van der Waals surface area contributed by atoms with Gasteiger partial charge in [-0.15, -0.1) is 0 Å². The second kappa shape index (κ2) is 6.34. The molecule has 0 bridgehead atoms. The third kappa shape index (κ3) is 3.01. The van der Waals surface area contributed by atoms with Crippen LogP contribution in [0.4, 0.5) is 16.3 Å². The lowest BCUT2D eigenvalue weighted by Crippen LogP contribution is -2.25. The molecule has 1 aromatic carbocycles. The molecule has 2 aromatic rings. The molecule has 1 aromatic heterocycles. The van der Waals surface area contributed by atoms with E-state index in [-0.39, 0.29) is 23.1 Å². The van der Waals surface area contributed by atoms with E-state index < -0.39 is 5.82 Å². The maximum atomic E-state index is 14.3. The van der Waals surface area contributed by atoms with Crippen molar-refractivity contribution in [1.82, 2.24) is 15.0 Å². The van der Waals surface area contributed by atoms with Crippen molar-refractivity contribution in [3.05, 3.63) is 24.0 Å². The Morgan fingerprint density at radius 2 is 1.90 bits per heavy atom. The van der Waals surface area contributed by atoms with Crippen molar-refractivity contribution in [3.8, 4) is 17.1 Å². The van der Waals surface area contributed by atoms with Gasteiger partial charge in [-0.1, -0.05) is 6.07 Å². The van der Waals surface area contributed by atoms with Crippen molar-refractivity contribution < 1.29 is 9.13 Å². The van der Waals surface area contributed by atoms with Crippen LogP contribution in [0.25, 0.3) is 11.4 Å². The smallest absolute Gasteiger partial charge is 0.230 e. The predicted molar refractivity (Wildman–Crippen MR) is 79.7 cm³/mol. The molecule has 2 rings (SSSR count). The number of anilines is 2.